The lowest BCUT2D eigenvalue weighted by Crippen LogP contribution is -2.15. The van der Waals surface area contributed by atoms with Gasteiger partial charge in [0.15, 0.2) is 17.3 Å². The van der Waals surface area contributed by atoms with Crippen LogP contribution in [0.5, 0.6) is 0 Å². The van der Waals surface area contributed by atoms with Crippen molar-refractivity contribution in [2.24, 2.45) is 11.5 Å². The zero-order valence-electron chi connectivity index (χ0n) is 30.3. The van der Waals surface area contributed by atoms with E-state index >= 15 is 0 Å². The molecule has 0 saturated heterocycles. The minimum Gasteiger partial charge on any atom is -0.366 e. The van der Waals surface area contributed by atoms with Gasteiger partial charge in [-0.25, -0.2) is 15.0 Å². The first-order chi connectivity index (χ1) is 26.2. The molecule has 0 aliphatic rings. The van der Waals surface area contributed by atoms with Crippen LogP contribution in [0.3, 0.4) is 0 Å². The Balaban J connectivity index is 1.29. The SMILES string of the molecule is CCn1nc(C)cc1C(=O)Cc1nc2cc(C(N)=O)cc(C)c2n1C/C=C/Cn1c2ccc(C(N)=O)cc2c2cnc(-c3cc(C(F)(F)F)nn3CC)nc21. The van der Waals surface area contributed by atoms with Crippen LogP contribution in [0.1, 0.15) is 67.8 Å². The van der Waals surface area contributed by atoms with E-state index < -0.39 is 23.7 Å². The van der Waals surface area contributed by atoms with E-state index in [1.165, 1.54) is 10.9 Å². The second-order valence-corrected chi connectivity index (χ2v) is 13.1. The van der Waals surface area contributed by atoms with Crippen LogP contribution in [-0.4, -0.2) is 61.2 Å². The van der Waals surface area contributed by atoms with Crippen molar-refractivity contribution in [1.29, 1.82) is 0 Å². The molecule has 7 rings (SSSR count). The average molecular weight is 752 g/mol. The topological polar surface area (TPSA) is 187 Å². The number of carbonyl (C=O) groups is 3. The number of ketones is 1. The van der Waals surface area contributed by atoms with Gasteiger partial charge in [-0.3, -0.25) is 23.7 Å². The van der Waals surface area contributed by atoms with Gasteiger partial charge in [0.1, 0.15) is 22.9 Å². The summed E-state index contributed by atoms with van der Waals surface area (Å²) in [6.45, 7) is 8.47. The lowest BCUT2D eigenvalue weighted by atomic mass is 10.1. The summed E-state index contributed by atoms with van der Waals surface area (Å²) in [4.78, 5) is 51.7. The van der Waals surface area contributed by atoms with Gasteiger partial charge in [0.05, 0.1) is 28.7 Å². The zero-order valence-corrected chi connectivity index (χ0v) is 30.3. The predicted molar refractivity (Wildman–Crippen MR) is 198 cm³/mol. The Morgan fingerprint density at radius 3 is 2.20 bits per heavy atom. The number of amides is 2. The number of rotatable bonds is 12. The lowest BCUT2D eigenvalue weighted by molar-refractivity contribution is -0.141. The molecule has 0 radical (unpaired) electrons. The number of aromatic nitrogens is 9. The van der Waals surface area contributed by atoms with Gasteiger partial charge < -0.3 is 20.6 Å². The first-order valence-corrected chi connectivity index (χ1v) is 17.4. The molecule has 0 unspecified atom stereocenters. The van der Waals surface area contributed by atoms with Gasteiger partial charge in [0.25, 0.3) is 0 Å². The van der Waals surface area contributed by atoms with E-state index in [0.717, 1.165) is 22.8 Å². The van der Waals surface area contributed by atoms with Gasteiger partial charge in [-0.05, 0) is 75.7 Å². The molecule has 4 N–H and O–H groups in total. The lowest BCUT2D eigenvalue weighted by Gasteiger charge is -2.10. The molecule has 0 saturated carbocycles. The van der Waals surface area contributed by atoms with Gasteiger partial charge >= 0.3 is 6.18 Å². The summed E-state index contributed by atoms with van der Waals surface area (Å²) < 4.78 is 47.5. The van der Waals surface area contributed by atoms with Crippen LogP contribution < -0.4 is 11.5 Å². The third-order valence-corrected chi connectivity index (χ3v) is 9.43. The normalized spacial score (nSPS) is 12.2. The molecule has 7 aromatic rings. The summed E-state index contributed by atoms with van der Waals surface area (Å²) >= 11 is 0. The van der Waals surface area contributed by atoms with Crippen molar-refractivity contribution in [2.45, 2.75) is 66.5 Å². The minimum atomic E-state index is -4.66. The first kappa shape index (κ1) is 36.7. The third-order valence-electron chi connectivity index (χ3n) is 9.43. The molecule has 0 aliphatic heterocycles. The number of benzene rings is 2. The second kappa shape index (κ2) is 14.0. The zero-order chi connectivity index (χ0) is 39.3. The van der Waals surface area contributed by atoms with E-state index in [0.29, 0.717) is 57.6 Å². The van der Waals surface area contributed by atoms with Crippen molar-refractivity contribution in [3.8, 4) is 11.5 Å². The molecule has 0 aliphatic carbocycles. The van der Waals surface area contributed by atoms with Crippen molar-refractivity contribution >= 4 is 50.6 Å². The van der Waals surface area contributed by atoms with Crippen LogP contribution >= 0.6 is 0 Å². The first-order valence-electron chi connectivity index (χ1n) is 17.4. The molecule has 2 aromatic carbocycles. The van der Waals surface area contributed by atoms with E-state index in [1.807, 2.05) is 42.1 Å². The van der Waals surface area contributed by atoms with E-state index in [4.69, 9.17) is 21.4 Å². The number of fused-ring (bicyclic) bond motifs is 4. The van der Waals surface area contributed by atoms with Crippen LogP contribution in [-0.2, 0) is 38.8 Å². The number of nitrogens with zero attached hydrogens (tertiary/aromatic N) is 9. The summed E-state index contributed by atoms with van der Waals surface area (Å²) in [6, 6.07) is 10.9. The number of hydrogen-bond acceptors (Lipinski definition) is 8. The maximum atomic E-state index is 13.6. The Labute approximate surface area is 311 Å². The van der Waals surface area contributed by atoms with Crippen LogP contribution in [0.15, 0.2) is 60.8 Å². The number of Topliss-reactive ketones (excluding diaryl/α,β-unsaturated/α-hetero) is 1. The van der Waals surface area contributed by atoms with E-state index in [-0.39, 0.29) is 42.4 Å². The predicted octanol–water partition coefficient (Wildman–Crippen LogP) is 5.55. The summed E-state index contributed by atoms with van der Waals surface area (Å²) in [7, 11) is 0. The highest BCUT2D eigenvalue weighted by atomic mass is 19.4. The van der Waals surface area contributed by atoms with Crippen molar-refractivity contribution in [1.82, 2.24) is 43.6 Å². The van der Waals surface area contributed by atoms with E-state index in [2.05, 4.69) is 15.2 Å². The fourth-order valence-corrected chi connectivity index (χ4v) is 6.91. The highest BCUT2D eigenvalue weighted by Gasteiger charge is 2.35. The Bertz CT molecular complexity index is 2710. The van der Waals surface area contributed by atoms with Gasteiger partial charge in [-0.1, -0.05) is 12.2 Å². The van der Waals surface area contributed by atoms with Crippen molar-refractivity contribution in [3.05, 3.63) is 100 Å². The second-order valence-electron chi connectivity index (χ2n) is 13.1. The highest BCUT2D eigenvalue weighted by molar-refractivity contribution is 6.09. The number of allylic oxidation sites excluding steroid dienone is 2. The Hall–Kier alpha value is -6.65. The largest absolute Gasteiger partial charge is 0.435 e. The van der Waals surface area contributed by atoms with Crippen molar-refractivity contribution in [3.63, 3.8) is 0 Å². The van der Waals surface area contributed by atoms with Crippen molar-refractivity contribution < 1.29 is 27.6 Å². The summed E-state index contributed by atoms with van der Waals surface area (Å²) in [5, 5.41) is 9.33. The average Bonchev–Trinajstić information content (AvgIpc) is 3.91. The van der Waals surface area contributed by atoms with Gasteiger partial charge in [0.2, 0.25) is 11.8 Å². The third kappa shape index (κ3) is 6.72. The number of imidazole rings is 1. The molecular formula is C38H36F3N11O3. The Morgan fingerprint density at radius 2 is 1.53 bits per heavy atom. The number of primary amides is 2. The number of hydrogen-bond donors (Lipinski definition) is 2. The molecule has 17 heteroatoms. The Morgan fingerprint density at radius 1 is 0.818 bits per heavy atom. The number of halogens is 3. The van der Waals surface area contributed by atoms with Crippen LogP contribution in [0.2, 0.25) is 0 Å². The molecule has 0 atom stereocenters. The molecule has 5 heterocycles. The summed E-state index contributed by atoms with van der Waals surface area (Å²) in [6.07, 6.45) is 0.619. The van der Waals surface area contributed by atoms with Crippen LogP contribution in [0.4, 0.5) is 13.2 Å². The molecule has 2 amide bonds. The fraction of sp³-hybridized carbons (Fsp3) is 0.263. The number of aryl methyl sites for hydroxylation is 4. The quantitative estimate of drug-likeness (QED) is 0.120. The summed E-state index contributed by atoms with van der Waals surface area (Å²) in [5.41, 5.74) is 15.1. The van der Waals surface area contributed by atoms with Gasteiger partial charge in [-0.2, -0.15) is 23.4 Å². The highest BCUT2D eigenvalue weighted by Crippen LogP contribution is 2.33. The Kier molecular flexibility index (Phi) is 9.32. The standard InChI is InChI=1S/C38H36F3N11O3/c1-5-51-28(14-21(4)47-51)30(53)18-32-45-26-16-23(35(43)55)13-20(3)33(26)50(32)12-8-7-11-49-27-10-9-22(34(42)54)15-24(27)25-19-44-36(46-37(25)49)29-17-31(38(39,40)41)48-52(29)6-2/h7-10,13-17,19H,5-6,11-12,18H2,1-4H3,(H2,42,54)(H2,43,55)/b8-7+. The number of nitrogens with two attached hydrogens (primary N) is 2. The number of alkyl halides is 3. The maximum Gasteiger partial charge on any atom is 0.435 e. The van der Waals surface area contributed by atoms with Gasteiger partial charge in [0, 0.05) is 54.3 Å². The maximum absolute atomic E-state index is 13.6. The molecular weight excluding hydrogens is 715 g/mol. The van der Waals surface area contributed by atoms with Crippen LogP contribution in [0.25, 0.3) is 44.5 Å². The molecule has 0 spiro atoms. The molecule has 14 nitrogen and oxygen atoms in total. The summed E-state index contributed by atoms with van der Waals surface area (Å²) in [5.74, 6) is -0.861. The molecule has 0 fully saturated rings. The minimum absolute atomic E-state index is 0.0296. The van der Waals surface area contributed by atoms with Gasteiger partial charge in [-0.15, -0.1) is 0 Å². The number of carbonyl (C=O) groups excluding carboxylic acids is 3. The smallest absolute Gasteiger partial charge is 0.366 e. The molecule has 0 bridgehead atoms. The van der Waals surface area contributed by atoms with Crippen LogP contribution in [0, 0.1) is 13.8 Å². The molecule has 5 aromatic heterocycles. The fourth-order valence-electron chi connectivity index (χ4n) is 6.91. The van der Waals surface area contributed by atoms with E-state index in [1.54, 1.807) is 48.0 Å². The molecule has 282 valence electrons. The monoisotopic (exact) mass is 751 g/mol. The molecule has 55 heavy (non-hydrogen) atoms. The van der Waals surface area contributed by atoms with Crippen molar-refractivity contribution in [2.75, 3.05) is 0 Å². The van der Waals surface area contributed by atoms with E-state index in [9.17, 15) is 27.6 Å².